The van der Waals surface area contributed by atoms with Gasteiger partial charge in [-0.1, -0.05) is 47.2 Å². The van der Waals surface area contributed by atoms with Crippen LogP contribution in [0.25, 0.3) is 16.3 Å². The second-order valence-corrected chi connectivity index (χ2v) is 8.21. The monoisotopic (exact) mass is 444 g/mol. The second-order valence-electron chi connectivity index (χ2n) is 6.26. The Morgan fingerprint density at radius 2 is 2.15 bits per heavy atom. The normalized spacial score (nSPS) is 12.4. The van der Waals surface area contributed by atoms with Crippen molar-refractivity contribution >= 4 is 54.6 Å². The Balaban J connectivity index is 1.75. The number of hydrogen-bond donors (Lipinski definition) is 1. The third-order valence-electron chi connectivity index (χ3n) is 4.43. The molecular weight excluding hydrogens is 424 g/mol. The van der Waals surface area contributed by atoms with E-state index in [1.54, 1.807) is 13.2 Å². The molecule has 27 heavy (non-hydrogen) atoms. The first-order valence-corrected chi connectivity index (χ1v) is 10.3. The quantitative estimate of drug-likeness (QED) is 0.458. The molecule has 0 saturated heterocycles. The smallest absolute Gasteiger partial charge is 0.250 e. The lowest BCUT2D eigenvalue weighted by Gasteiger charge is -2.07. The van der Waals surface area contributed by atoms with Crippen LogP contribution in [0.4, 0.5) is 5.13 Å². The van der Waals surface area contributed by atoms with E-state index in [4.69, 9.17) is 4.74 Å². The molecule has 1 amide bonds. The van der Waals surface area contributed by atoms with Crippen LogP contribution >= 0.6 is 27.3 Å². The highest BCUT2D eigenvalue weighted by atomic mass is 79.9. The molecule has 2 aromatic carbocycles. The van der Waals surface area contributed by atoms with E-state index in [1.165, 1.54) is 23.0 Å². The van der Waals surface area contributed by atoms with Gasteiger partial charge >= 0.3 is 0 Å². The molecule has 4 nitrogen and oxygen atoms in total. The maximum absolute atomic E-state index is 12.3. The van der Waals surface area contributed by atoms with Crippen LogP contribution in [0.2, 0.25) is 0 Å². The van der Waals surface area contributed by atoms with Crippen molar-refractivity contribution in [3.05, 3.63) is 58.1 Å². The largest absolute Gasteiger partial charge is 0.496 e. The number of methoxy groups -OCH3 is 1. The first-order chi connectivity index (χ1) is 13.0. The number of ether oxygens (including phenoxy) is 1. The molecule has 6 heteroatoms. The number of benzene rings is 2. The van der Waals surface area contributed by atoms with E-state index in [0.717, 1.165) is 26.7 Å². The molecule has 3 aromatic rings. The van der Waals surface area contributed by atoms with Crippen molar-refractivity contribution in [2.45, 2.75) is 26.2 Å². The highest BCUT2D eigenvalue weighted by molar-refractivity contribution is 9.10. The highest BCUT2D eigenvalue weighted by Gasteiger charge is 2.09. The van der Waals surface area contributed by atoms with Crippen LogP contribution in [-0.2, 0) is 4.79 Å². The van der Waals surface area contributed by atoms with Crippen LogP contribution in [0, 0.1) is 0 Å². The number of halogens is 1. The first-order valence-electron chi connectivity index (χ1n) is 8.73. The van der Waals surface area contributed by atoms with Crippen molar-refractivity contribution in [2.75, 3.05) is 12.4 Å². The first kappa shape index (κ1) is 19.6. The number of hydrogen-bond acceptors (Lipinski definition) is 4. The van der Waals surface area contributed by atoms with Gasteiger partial charge in [0, 0.05) is 16.1 Å². The number of thiazole rings is 1. The molecule has 1 aromatic heterocycles. The highest BCUT2D eigenvalue weighted by Crippen LogP contribution is 2.30. The third kappa shape index (κ3) is 4.76. The van der Waals surface area contributed by atoms with Gasteiger partial charge in [0.25, 0.3) is 0 Å². The fraction of sp³-hybridized carbons (Fsp3) is 0.238. The van der Waals surface area contributed by atoms with E-state index in [9.17, 15) is 4.79 Å². The van der Waals surface area contributed by atoms with Crippen molar-refractivity contribution in [2.24, 2.45) is 0 Å². The fourth-order valence-corrected chi connectivity index (χ4v) is 3.98. The van der Waals surface area contributed by atoms with Crippen molar-refractivity contribution < 1.29 is 9.53 Å². The molecule has 0 radical (unpaired) electrons. The summed E-state index contributed by atoms with van der Waals surface area (Å²) in [5, 5.41) is 3.44. The van der Waals surface area contributed by atoms with Crippen LogP contribution in [0.1, 0.15) is 37.3 Å². The summed E-state index contributed by atoms with van der Waals surface area (Å²) in [5.41, 5.74) is 3.03. The van der Waals surface area contributed by atoms with Crippen LogP contribution in [-0.4, -0.2) is 18.0 Å². The van der Waals surface area contributed by atoms with Gasteiger partial charge in [-0.3, -0.25) is 10.1 Å². The Labute approximate surface area is 171 Å². The van der Waals surface area contributed by atoms with E-state index in [2.05, 4.69) is 52.2 Å². The lowest BCUT2D eigenvalue weighted by Crippen LogP contribution is -2.07. The van der Waals surface area contributed by atoms with Gasteiger partial charge in [0.2, 0.25) is 5.91 Å². The van der Waals surface area contributed by atoms with Crippen molar-refractivity contribution in [3.63, 3.8) is 0 Å². The molecule has 1 N–H and O–H groups in total. The molecule has 0 aliphatic heterocycles. The number of carbonyl (C=O) groups excluding carboxylic acids is 1. The Hall–Kier alpha value is -2.18. The molecule has 0 aliphatic rings. The zero-order valence-corrected chi connectivity index (χ0v) is 17.9. The van der Waals surface area contributed by atoms with E-state index in [-0.39, 0.29) is 5.91 Å². The van der Waals surface area contributed by atoms with E-state index < -0.39 is 0 Å². The average Bonchev–Trinajstić information content (AvgIpc) is 3.07. The lowest BCUT2D eigenvalue weighted by molar-refractivity contribution is -0.111. The van der Waals surface area contributed by atoms with E-state index >= 15 is 0 Å². The molecule has 1 heterocycles. The minimum atomic E-state index is -0.224. The summed E-state index contributed by atoms with van der Waals surface area (Å²) in [4.78, 5) is 16.8. The Bertz CT molecular complexity index is 997. The van der Waals surface area contributed by atoms with Crippen LogP contribution < -0.4 is 10.1 Å². The number of anilines is 1. The summed E-state index contributed by atoms with van der Waals surface area (Å²) in [6.07, 6.45) is 4.31. The van der Waals surface area contributed by atoms with Crippen molar-refractivity contribution in [3.8, 4) is 5.75 Å². The van der Waals surface area contributed by atoms with Gasteiger partial charge in [0.1, 0.15) is 5.75 Å². The standard InChI is InChI=1S/C21H21BrN2O2S/c1-4-13(2)14-5-8-17-19(12-14)27-21(23-17)24-20(25)10-6-15-11-16(22)7-9-18(15)26-3/h5-13H,4H2,1-3H3,(H,23,24,25)/b10-6+. The number of nitrogens with zero attached hydrogens (tertiary/aromatic N) is 1. The van der Waals surface area contributed by atoms with Gasteiger partial charge in [-0.2, -0.15) is 0 Å². The number of amides is 1. The van der Waals surface area contributed by atoms with Crippen molar-refractivity contribution in [1.82, 2.24) is 4.98 Å². The summed E-state index contributed by atoms with van der Waals surface area (Å²) < 4.78 is 7.32. The molecule has 0 saturated carbocycles. The van der Waals surface area contributed by atoms with E-state index in [1.807, 2.05) is 24.3 Å². The number of carbonyl (C=O) groups is 1. The van der Waals surface area contributed by atoms with Gasteiger partial charge in [-0.25, -0.2) is 4.98 Å². The van der Waals surface area contributed by atoms with Gasteiger partial charge in [-0.15, -0.1) is 0 Å². The molecule has 140 valence electrons. The van der Waals surface area contributed by atoms with Crippen LogP contribution in [0.5, 0.6) is 5.75 Å². The molecule has 0 aliphatic carbocycles. The predicted octanol–water partition coefficient (Wildman–Crippen LogP) is 6.23. The predicted molar refractivity (Wildman–Crippen MR) is 117 cm³/mol. The van der Waals surface area contributed by atoms with Gasteiger partial charge in [0.05, 0.1) is 17.3 Å². The second kappa shape index (κ2) is 8.67. The maximum atomic E-state index is 12.3. The summed E-state index contributed by atoms with van der Waals surface area (Å²) in [5.74, 6) is 0.996. The number of nitrogens with one attached hydrogen (secondary N) is 1. The summed E-state index contributed by atoms with van der Waals surface area (Å²) in [6, 6.07) is 11.9. The Morgan fingerprint density at radius 1 is 1.33 bits per heavy atom. The molecular formula is C21H21BrN2O2S. The molecule has 1 atom stereocenters. The minimum absolute atomic E-state index is 0.224. The van der Waals surface area contributed by atoms with Crippen molar-refractivity contribution in [1.29, 1.82) is 0 Å². The summed E-state index contributed by atoms with van der Waals surface area (Å²) >= 11 is 4.92. The average molecular weight is 445 g/mol. The SMILES string of the molecule is CCC(C)c1ccc2nc(NC(=O)/C=C/c3cc(Br)ccc3OC)sc2c1. The third-order valence-corrected chi connectivity index (χ3v) is 5.86. The summed E-state index contributed by atoms with van der Waals surface area (Å²) in [6.45, 7) is 4.39. The minimum Gasteiger partial charge on any atom is -0.496 e. The number of fused-ring (bicyclic) bond motifs is 1. The Kier molecular flexibility index (Phi) is 6.29. The number of aromatic nitrogens is 1. The maximum Gasteiger partial charge on any atom is 0.250 e. The Morgan fingerprint density at radius 3 is 2.89 bits per heavy atom. The topological polar surface area (TPSA) is 51.2 Å². The van der Waals surface area contributed by atoms with Crippen LogP contribution in [0.3, 0.4) is 0 Å². The molecule has 1 unspecified atom stereocenters. The van der Waals surface area contributed by atoms with Gasteiger partial charge in [-0.05, 0) is 54.3 Å². The van der Waals surface area contributed by atoms with Gasteiger partial charge in [0.15, 0.2) is 5.13 Å². The summed E-state index contributed by atoms with van der Waals surface area (Å²) in [7, 11) is 1.61. The lowest BCUT2D eigenvalue weighted by atomic mass is 9.99. The molecule has 3 rings (SSSR count). The molecule has 0 bridgehead atoms. The zero-order valence-electron chi connectivity index (χ0n) is 15.5. The zero-order chi connectivity index (χ0) is 19.4. The molecule has 0 fully saturated rings. The molecule has 0 spiro atoms. The van der Waals surface area contributed by atoms with E-state index in [0.29, 0.717) is 16.8 Å². The fourth-order valence-electron chi connectivity index (χ4n) is 2.68. The number of rotatable bonds is 6. The van der Waals surface area contributed by atoms with Crippen LogP contribution in [0.15, 0.2) is 46.9 Å². The van der Waals surface area contributed by atoms with Gasteiger partial charge < -0.3 is 4.74 Å².